The van der Waals surface area contributed by atoms with Crippen molar-refractivity contribution in [3.8, 4) is 0 Å². The van der Waals surface area contributed by atoms with Crippen LogP contribution in [-0.2, 0) is 4.74 Å². The van der Waals surface area contributed by atoms with E-state index in [4.69, 9.17) is 22.1 Å². The number of rotatable bonds is 2. The standard InChI is InChI=1S/C9H12ClN3OS/c1-5-7(2-3-14-5)15-8-6(10)4-12-9(11)13-8/h4-5,7H,2-3H2,1H3,(H2,11,12,13). The number of thioether (sulfide) groups is 1. The summed E-state index contributed by atoms with van der Waals surface area (Å²) < 4.78 is 5.47. The van der Waals surface area contributed by atoms with Crippen LogP contribution in [0.3, 0.4) is 0 Å². The molecule has 1 fully saturated rings. The van der Waals surface area contributed by atoms with Gasteiger partial charge < -0.3 is 10.5 Å². The maximum Gasteiger partial charge on any atom is 0.221 e. The van der Waals surface area contributed by atoms with Crippen LogP contribution in [0.25, 0.3) is 0 Å². The van der Waals surface area contributed by atoms with Crippen LogP contribution >= 0.6 is 23.4 Å². The predicted octanol–water partition coefficient (Wildman–Crippen LogP) is 1.98. The Labute approximate surface area is 97.6 Å². The van der Waals surface area contributed by atoms with Crippen LogP contribution in [0.1, 0.15) is 13.3 Å². The fraction of sp³-hybridized carbons (Fsp3) is 0.556. The third kappa shape index (κ3) is 2.53. The molecule has 82 valence electrons. The normalized spacial score (nSPS) is 25.7. The zero-order valence-corrected chi connectivity index (χ0v) is 9.88. The van der Waals surface area contributed by atoms with Crippen molar-refractivity contribution in [1.82, 2.24) is 9.97 Å². The van der Waals surface area contributed by atoms with Gasteiger partial charge in [0.1, 0.15) is 5.03 Å². The molecular formula is C9H12ClN3OS. The zero-order chi connectivity index (χ0) is 10.8. The highest BCUT2D eigenvalue weighted by atomic mass is 35.5. The van der Waals surface area contributed by atoms with Gasteiger partial charge in [-0.1, -0.05) is 23.4 Å². The maximum absolute atomic E-state index is 5.98. The number of halogens is 1. The van der Waals surface area contributed by atoms with Crippen molar-refractivity contribution in [2.24, 2.45) is 0 Å². The summed E-state index contributed by atoms with van der Waals surface area (Å²) in [5, 5.41) is 1.69. The SMILES string of the molecule is CC1OCCC1Sc1nc(N)ncc1Cl. The molecule has 2 heterocycles. The van der Waals surface area contributed by atoms with Gasteiger partial charge in [-0.05, 0) is 13.3 Å². The number of hydrogen-bond acceptors (Lipinski definition) is 5. The largest absolute Gasteiger partial charge is 0.377 e. The number of aromatic nitrogens is 2. The van der Waals surface area contributed by atoms with Gasteiger partial charge in [-0.25, -0.2) is 9.97 Å². The summed E-state index contributed by atoms with van der Waals surface area (Å²) in [5.74, 6) is 0.258. The average Bonchev–Trinajstić information content (AvgIpc) is 2.58. The summed E-state index contributed by atoms with van der Waals surface area (Å²) in [4.78, 5) is 7.94. The Morgan fingerprint density at radius 2 is 2.47 bits per heavy atom. The van der Waals surface area contributed by atoms with Gasteiger partial charge >= 0.3 is 0 Å². The molecule has 0 aromatic carbocycles. The molecule has 1 aliphatic rings. The summed E-state index contributed by atoms with van der Waals surface area (Å²) in [6.07, 6.45) is 2.79. The minimum Gasteiger partial charge on any atom is -0.377 e. The summed E-state index contributed by atoms with van der Waals surface area (Å²) in [6, 6.07) is 0. The Kier molecular flexibility index (Phi) is 3.33. The molecule has 2 rings (SSSR count). The summed E-state index contributed by atoms with van der Waals surface area (Å²) in [6.45, 7) is 2.86. The van der Waals surface area contributed by atoms with Crippen LogP contribution in [0, 0.1) is 0 Å². The van der Waals surface area contributed by atoms with Gasteiger partial charge in [-0.2, -0.15) is 0 Å². The first-order chi connectivity index (χ1) is 7.16. The third-order valence-corrected chi connectivity index (χ3v) is 4.15. The fourth-order valence-corrected chi connectivity index (χ4v) is 2.76. The number of anilines is 1. The van der Waals surface area contributed by atoms with Crippen molar-refractivity contribution in [2.75, 3.05) is 12.3 Å². The van der Waals surface area contributed by atoms with Gasteiger partial charge in [0.05, 0.1) is 17.3 Å². The maximum atomic E-state index is 5.98. The van der Waals surface area contributed by atoms with Gasteiger partial charge in [0, 0.05) is 11.9 Å². The molecule has 0 radical (unpaired) electrons. The highest BCUT2D eigenvalue weighted by Gasteiger charge is 2.26. The lowest BCUT2D eigenvalue weighted by molar-refractivity contribution is 0.127. The molecule has 0 amide bonds. The smallest absolute Gasteiger partial charge is 0.221 e. The molecule has 2 N–H and O–H groups in total. The Balaban J connectivity index is 2.12. The number of ether oxygens (including phenoxy) is 1. The molecule has 2 atom stereocenters. The van der Waals surface area contributed by atoms with E-state index in [1.807, 2.05) is 0 Å². The average molecular weight is 246 g/mol. The lowest BCUT2D eigenvalue weighted by atomic mass is 10.3. The lowest BCUT2D eigenvalue weighted by Gasteiger charge is -2.13. The minimum atomic E-state index is 0.238. The van der Waals surface area contributed by atoms with E-state index in [2.05, 4.69) is 16.9 Å². The molecule has 2 unspecified atom stereocenters. The molecule has 1 aliphatic heterocycles. The van der Waals surface area contributed by atoms with Gasteiger partial charge in [-0.15, -0.1) is 0 Å². The highest BCUT2D eigenvalue weighted by Crippen LogP contribution is 2.34. The van der Waals surface area contributed by atoms with Crippen molar-refractivity contribution in [2.45, 2.75) is 29.7 Å². The van der Waals surface area contributed by atoms with Crippen molar-refractivity contribution in [1.29, 1.82) is 0 Å². The van der Waals surface area contributed by atoms with E-state index in [-0.39, 0.29) is 12.1 Å². The van der Waals surface area contributed by atoms with Gasteiger partial charge in [0.15, 0.2) is 0 Å². The predicted molar refractivity (Wildman–Crippen MR) is 61.1 cm³/mol. The first-order valence-corrected chi connectivity index (χ1v) is 5.99. The second kappa shape index (κ2) is 4.55. The van der Waals surface area contributed by atoms with E-state index < -0.39 is 0 Å². The minimum absolute atomic E-state index is 0.238. The topological polar surface area (TPSA) is 61.0 Å². The Morgan fingerprint density at radius 3 is 3.13 bits per heavy atom. The van der Waals surface area contributed by atoms with Crippen molar-refractivity contribution >= 4 is 29.3 Å². The van der Waals surface area contributed by atoms with Crippen molar-refractivity contribution in [3.63, 3.8) is 0 Å². The van der Waals surface area contributed by atoms with Crippen LogP contribution in [0.4, 0.5) is 5.95 Å². The molecule has 6 heteroatoms. The fourth-order valence-electron chi connectivity index (χ4n) is 1.46. The molecule has 0 aliphatic carbocycles. The van der Waals surface area contributed by atoms with E-state index in [0.717, 1.165) is 18.1 Å². The van der Waals surface area contributed by atoms with Gasteiger partial charge in [0.2, 0.25) is 5.95 Å². The third-order valence-electron chi connectivity index (χ3n) is 2.30. The van der Waals surface area contributed by atoms with E-state index in [0.29, 0.717) is 10.3 Å². The Hall–Kier alpha value is -0.520. The zero-order valence-electron chi connectivity index (χ0n) is 8.31. The van der Waals surface area contributed by atoms with Crippen molar-refractivity contribution < 1.29 is 4.74 Å². The number of nitrogens with two attached hydrogens (primary N) is 1. The Bertz CT molecular complexity index is 363. The van der Waals surface area contributed by atoms with Crippen LogP contribution in [-0.4, -0.2) is 27.9 Å². The summed E-state index contributed by atoms with van der Waals surface area (Å²) in [7, 11) is 0. The molecule has 15 heavy (non-hydrogen) atoms. The molecule has 1 aromatic heterocycles. The molecule has 4 nitrogen and oxygen atoms in total. The Morgan fingerprint density at radius 1 is 1.67 bits per heavy atom. The monoisotopic (exact) mass is 245 g/mol. The van der Waals surface area contributed by atoms with Crippen LogP contribution < -0.4 is 5.73 Å². The second-order valence-corrected chi connectivity index (χ2v) is 5.04. The van der Waals surface area contributed by atoms with Crippen LogP contribution in [0.15, 0.2) is 11.2 Å². The van der Waals surface area contributed by atoms with E-state index >= 15 is 0 Å². The number of nitrogens with zero attached hydrogens (tertiary/aromatic N) is 2. The first-order valence-electron chi connectivity index (χ1n) is 4.73. The molecular weight excluding hydrogens is 234 g/mol. The van der Waals surface area contributed by atoms with E-state index in [9.17, 15) is 0 Å². The second-order valence-electron chi connectivity index (χ2n) is 3.40. The lowest BCUT2D eigenvalue weighted by Crippen LogP contribution is -2.13. The van der Waals surface area contributed by atoms with Crippen molar-refractivity contribution in [3.05, 3.63) is 11.2 Å². The first kappa shape index (κ1) is 11.0. The van der Waals surface area contributed by atoms with Gasteiger partial charge in [0.25, 0.3) is 0 Å². The molecule has 0 spiro atoms. The van der Waals surface area contributed by atoms with E-state index in [1.165, 1.54) is 6.20 Å². The highest BCUT2D eigenvalue weighted by molar-refractivity contribution is 8.00. The quantitative estimate of drug-likeness (QED) is 0.808. The van der Waals surface area contributed by atoms with E-state index in [1.54, 1.807) is 11.8 Å². The molecule has 0 bridgehead atoms. The molecule has 0 saturated carbocycles. The molecule has 1 aromatic rings. The molecule has 1 saturated heterocycles. The number of hydrogen-bond donors (Lipinski definition) is 1. The number of nitrogen functional groups attached to an aromatic ring is 1. The summed E-state index contributed by atoms with van der Waals surface area (Å²) in [5.41, 5.74) is 5.51. The van der Waals surface area contributed by atoms with Crippen LogP contribution in [0.5, 0.6) is 0 Å². The van der Waals surface area contributed by atoms with Gasteiger partial charge in [-0.3, -0.25) is 0 Å². The van der Waals surface area contributed by atoms with Crippen LogP contribution in [0.2, 0.25) is 5.02 Å². The summed E-state index contributed by atoms with van der Waals surface area (Å²) >= 11 is 7.59.